The molecule has 134 valence electrons. The molecule has 23 heavy (non-hydrogen) atoms. The molecule has 0 atom stereocenters. The Labute approximate surface area is 176 Å². The van der Waals surface area contributed by atoms with Gasteiger partial charge in [0.25, 0.3) is 0 Å². The standard InChI is InChI=1S/3H2O4S.3O2.2U/c3*1-5(2,3)4;3*1-2;;/h3*(H2,1,2,3,4);;;;;/q;;;3*-2;2*+6/p-6. The molecule has 0 aromatic heterocycles. The van der Waals surface area contributed by atoms with E-state index in [1.54, 1.807) is 0 Å². The molecule has 0 radical (unpaired) electrons. The van der Waals surface area contributed by atoms with E-state index in [1.165, 1.54) is 0 Å². The van der Waals surface area contributed by atoms with Crippen molar-refractivity contribution >= 4 is 31.2 Å². The van der Waals surface area contributed by atoms with Gasteiger partial charge in [0.1, 0.15) is 0 Å². The molecule has 0 aliphatic heterocycles. The van der Waals surface area contributed by atoms with Crippen LogP contribution in [-0.2, 0) is 31.2 Å². The van der Waals surface area contributed by atoms with E-state index in [2.05, 4.69) is 0 Å². The molecule has 0 aliphatic carbocycles. The quantitative estimate of drug-likeness (QED) is 0.0944. The van der Waals surface area contributed by atoms with Crippen molar-refractivity contribution in [3.63, 3.8) is 0 Å². The van der Waals surface area contributed by atoms with Gasteiger partial charge in [-0.05, 0) is 0 Å². The average molecular weight is 860 g/mol. The van der Waals surface area contributed by atoms with Crippen LogP contribution in [0.1, 0.15) is 0 Å². The summed E-state index contributed by atoms with van der Waals surface area (Å²) in [5, 5.41) is 42.0. The Morgan fingerprint density at radius 3 is 0.348 bits per heavy atom. The van der Waals surface area contributed by atoms with Gasteiger partial charge < -0.3 is 58.9 Å². The van der Waals surface area contributed by atoms with Crippen molar-refractivity contribution in [2.45, 2.75) is 0 Å². The van der Waals surface area contributed by atoms with Crippen molar-refractivity contribution < 1.29 is 146 Å². The van der Waals surface area contributed by atoms with Crippen molar-refractivity contribution in [2.75, 3.05) is 0 Å². The molecule has 0 aromatic carbocycles. The molecule has 0 amide bonds. The summed E-state index contributed by atoms with van der Waals surface area (Å²) in [6.45, 7) is 0. The van der Waals surface area contributed by atoms with Crippen LogP contribution in [0.5, 0.6) is 0 Å². The van der Waals surface area contributed by atoms with Gasteiger partial charge in [0.15, 0.2) is 0 Å². The Hall–Kier alpha value is 1.47. The third-order valence-electron chi connectivity index (χ3n) is 0. The fourth-order valence-corrected chi connectivity index (χ4v) is 0. The van der Waals surface area contributed by atoms with Gasteiger partial charge >= 0.3 is 62.2 Å². The molecule has 0 spiro atoms. The molecular weight excluding hydrogens is 860 g/mol. The second-order valence-electron chi connectivity index (χ2n) is 1.22. The molecule has 0 saturated heterocycles. The summed E-state index contributed by atoms with van der Waals surface area (Å²) in [6, 6.07) is 0. The normalized spacial score (nSPS) is 8.35. The van der Waals surface area contributed by atoms with Gasteiger partial charge in [0.2, 0.25) is 0 Å². The largest absolute Gasteiger partial charge is 6.00 e. The maximum atomic E-state index is 8.52. The number of rotatable bonds is 0. The molecule has 0 heterocycles. The summed E-state index contributed by atoms with van der Waals surface area (Å²) >= 11 is 0. The van der Waals surface area contributed by atoms with Crippen LogP contribution in [0.3, 0.4) is 0 Å². The minimum Gasteiger partial charge on any atom is -1.00 e. The Balaban J connectivity index is -0.0000000202. The van der Waals surface area contributed by atoms with Crippen LogP contribution >= 0.6 is 0 Å². The van der Waals surface area contributed by atoms with Crippen molar-refractivity contribution in [2.24, 2.45) is 0 Å². The molecule has 18 nitrogen and oxygen atoms in total. The molecule has 0 N–H and O–H groups in total. The summed E-state index contributed by atoms with van der Waals surface area (Å²) in [4.78, 5) is 0. The van der Waals surface area contributed by atoms with E-state index >= 15 is 0 Å². The Morgan fingerprint density at radius 1 is 0.348 bits per heavy atom. The van der Waals surface area contributed by atoms with Gasteiger partial charge in [-0.25, -0.2) is 0 Å². The Kier molecular flexibility index (Phi) is 67.5. The van der Waals surface area contributed by atoms with Crippen molar-refractivity contribution in [3.05, 3.63) is 0 Å². The fourth-order valence-electron chi connectivity index (χ4n) is 0. The first-order valence-electron chi connectivity index (χ1n) is 2.50. The van der Waals surface area contributed by atoms with Crippen LogP contribution in [0.4, 0.5) is 0 Å². The predicted octanol–water partition coefficient (Wildman–Crippen LogP) is -11.1. The van der Waals surface area contributed by atoms with E-state index in [0.29, 0.717) is 0 Å². The minimum absolute atomic E-state index is 0. The van der Waals surface area contributed by atoms with E-state index in [1.807, 2.05) is 0 Å². The zero-order valence-corrected chi connectivity index (χ0v) is 20.4. The van der Waals surface area contributed by atoms with Crippen molar-refractivity contribution in [1.82, 2.24) is 0 Å². The predicted molar refractivity (Wildman–Crippen MR) is 31.4 cm³/mol. The molecular formula is O18S3U2. The van der Waals surface area contributed by atoms with E-state index < -0.39 is 31.2 Å². The van der Waals surface area contributed by atoms with E-state index in [-0.39, 0.29) is 62.2 Å². The molecule has 0 aliphatic rings. The Morgan fingerprint density at radius 2 is 0.348 bits per heavy atom. The van der Waals surface area contributed by atoms with Gasteiger partial charge in [-0.3, -0.25) is 25.3 Å². The monoisotopic (exact) mass is 860 g/mol. The second kappa shape index (κ2) is 31.3. The maximum absolute atomic E-state index is 8.52. The van der Waals surface area contributed by atoms with Gasteiger partial charge in [-0.15, -0.1) is 0 Å². The summed E-state index contributed by atoms with van der Waals surface area (Å²) in [7, 11) is -15.5. The average Bonchev–Trinajstić information content (AvgIpc) is 2.18. The Bertz CT molecular complexity index is 343. The van der Waals surface area contributed by atoms with Gasteiger partial charge in [-0.1, -0.05) is 0 Å². The molecule has 23 heteroatoms. The number of hydrogen-bond acceptors (Lipinski definition) is 18. The fraction of sp³-hybridized carbons (Fsp3) is 0. The van der Waals surface area contributed by atoms with Gasteiger partial charge in [0.05, 0.1) is 0 Å². The molecule has 0 unspecified atom stereocenters. The molecule has 0 saturated carbocycles. The zero-order valence-electron chi connectivity index (χ0n) is 9.57. The van der Waals surface area contributed by atoms with Crippen LogP contribution in [-0.4, -0.2) is 52.6 Å². The molecule has 0 rings (SSSR count). The second-order valence-corrected chi connectivity index (χ2v) is 3.67. The number of hydrogen-bond donors (Lipinski definition) is 0. The van der Waals surface area contributed by atoms with Crippen molar-refractivity contribution in [1.29, 1.82) is 0 Å². The topological polar surface area (TPSA) is 379 Å². The summed E-state index contributed by atoms with van der Waals surface area (Å²) < 4.78 is 102. The molecule has 0 bridgehead atoms. The summed E-state index contributed by atoms with van der Waals surface area (Å²) in [6.07, 6.45) is 0. The van der Waals surface area contributed by atoms with E-state index in [9.17, 15) is 0 Å². The first-order valence-corrected chi connectivity index (χ1v) is 6.50. The first-order chi connectivity index (χ1) is 9.00. The third-order valence-corrected chi connectivity index (χ3v) is 0. The summed E-state index contributed by atoms with van der Waals surface area (Å²) in [5.74, 6) is 0. The van der Waals surface area contributed by atoms with Crippen LogP contribution in [0, 0.1) is 62.2 Å². The van der Waals surface area contributed by atoms with Gasteiger partial charge in [0, 0.05) is 31.2 Å². The molecule has 0 fully saturated rings. The summed E-state index contributed by atoms with van der Waals surface area (Å²) in [5.41, 5.74) is 0. The zero-order chi connectivity index (χ0) is 19.5. The van der Waals surface area contributed by atoms with Crippen LogP contribution < -0.4 is 31.5 Å². The molecule has 0 aromatic rings. The smallest absolute Gasteiger partial charge is 1.00 e. The first kappa shape index (κ1) is 49.7. The maximum Gasteiger partial charge on any atom is 6.00 e. The third kappa shape index (κ3) is 4980. The van der Waals surface area contributed by atoms with Crippen LogP contribution in [0.2, 0.25) is 0 Å². The van der Waals surface area contributed by atoms with Crippen LogP contribution in [0.15, 0.2) is 0 Å². The van der Waals surface area contributed by atoms with Crippen LogP contribution in [0.25, 0.3) is 0 Å². The minimum atomic E-state index is -5.17. The van der Waals surface area contributed by atoms with E-state index in [0.717, 1.165) is 0 Å². The SMILES string of the molecule is O=S(=O)([O-])[O-].O=S(=O)([O-])[O-].O=S(=O)([O-])[O-].[O-][O-].[O-][O-].[O-][O-].[U+6].[U+6]. The van der Waals surface area contributed by atoms with Crippen molar-refractivity contribution in [3.8, 4) is 0 Å². The van der Waals surface area contributed by atoms with E-state index in [4.69, 9.17) is 84.1 Å². The van der Waals surface area contributed by atoms with Gasteiger partial charge in [-0.2, -0.15) is 0 Å².